The van der Waals surface area contributed by atoms with E-state index in [0.29, 0.717) is 12.5 Å². The summed E-state index contributed by atoms with van der Waals surface area (Å²) < 4.78 is 0. The van der Waals surface area contributed by atoms with E-state index in [1.807, 2.05) is 12.1 Å². The first kappa shape index (κ1) is 11.4. The van der Waals surface area contributed by atoms with Gasteiger partial charge in [-0.15, -0.1) is 0 Å². The molecule has 1 atom stereocenters. The molecule has 2 aliphatic rings. The predicted molar refractivity (Wildman–Crippen MR) is 73.8 cm³/mol. The summed E-state index contributed by atoms with van der Waals surface area (Å²) in [4.78, 5) is 13.6. The van der Waals surface area contributed by atoms with Crippen LogP contribution in [0.15, 0.2) is 12.1 Å². The highest BCUT2D eigenvalue weighted by Gasteiger charge is 2.31. The molecule has 1 aromatic carbocycles. The lowest BCUT2D eigenvalue weighted by molar-refractivity contribution is -0.115. The number of anilines is 3. The first-order valence-corrected chi connectivity index (χ1v) is 6.51. The molecule has 0 saturated heterocycles. The number of fused-ring (bicyclic) bond motifs is 1. The smallest absolute Gasteiger partial charge is 0.228 e. The molecule has 96 valence electrons. The van der Waals surface area contributed by atoms with Crippen LogP contribution in [0.5, 0.6) is 0 Å². The van der Waals surface area contributed by atoms with Gasteiger partial charge in [-0.3, -0.25) is 4.79 Å². The first-order valence-electron chi connectivity index (χ1n) is 6.51. The van der Waals surface area contributed by atoms with Crippen molar-refractivity contribution in [2.75, 3.05) is 23.0 Å². The Hall–Kier alpha value is -1.71. The maximum Gasteiger partial charge on any atom is 0.228 e. The number of nitrogen functional groups attached to an aromatic ring is 1. The summed E-state index contributed by atoms with van der Waals surface area (Å²) in [6.45, 7) is 2.24. The van der Waals surface area contributed by atoms with E-state index in [9.17, 15) is 4.79 Å². The number of hydrogen-bond acceptors (Lipinski definition) is 3. The van der Waals surface area contributed by atoms with Crippen molar-refractivity contribution in [1.29, 1.82) is 0 Å². The van der Waals surface area contributed by atoms with Gasteiger partial charge in [0.2, 0.25) is 5.91 Å². The number of nitrogens with one attached hydrogen (secondary N) is 1. The van der Waals surface area contributed by atoms with Crippen LogP contribution in [0.4, 0.5) is 17.1 Å². The Labute approximate surface area is 107 Å². The summed E-state index contributed by atoms with van der Waals surface area (Å²) in [7, 11) is 2.08. The van der Waals surface area contributed by atoms with E-state index in [1.54, 1.807) is 0 Å². The summed E-state index contributed by atoms with van der Waals surface area (Å²) >= 11 is 0. The molecule has 1 aliphatic carbocycles. The van der Waals surface area contributed by atoms with Gasteiger partial charge in [0.15, 0.2) is 0 Å². The van der Waals surface area contributed by atoms with Crippen LogP contribution in [0, 0.1) is 5.92 Å². The van der Waals surface area contributed by atoms with Crippen LogP contribution in [0.2, 0.25) is 0 Å². The van der Waals surface area contributed by atoms with Gasteiger partial charge >= 0.3 is 0 Å². The summed E-state index contributed by atoms with van der Waals surface area (Å²) in [5.41, 5.74) is 9.83. The van der Waals surface area contributed by atoms with E-state index in [0.717, 1.165) is 28.5 Å². The fraction of sp³-hybridized carbons (Fsp3) is 0.500. The predicted octanol–water partition coefficient (Wildman–Crippen LogP) is 2.00. The van der Waals surface area contributed by atoms with Crippen molar-refractivity contribution in [2.45, 2.75) is 32.2 Å². The molecule has 0 spiro atoms. The molecule has 0 aromatic heterocycles. The minimum Gasteiger partial charge on any atom is -0.397 e. The van der Waals surface area contributed by atoms with Crippen molar-refractivity contribution in [3.05, 3.63) is 17.7 Å². The Morgan fingerprint density at radius 2 is 2.17 bits per heavy atom. The maximum atomic E-state index is 11.4. The lowest BCUT2D eigenvalue weighted by Crippen LogP contribution is -2.31. The van der Waals surface area contributed by atoms with Crippen molar-refractivity contribution < 1.29 is 4.79 Å². The zero-order valence-electron chi connectivity index (χ0n) is 10.9. The van der Waals surface area contributed by atoms with E-state index < -0.39 is 0 Å². The molecule has 1 heterocycles. The molecular formula is C14H19N3O. The van der Waals surface area contributed by atoms with Gasteiger partial charge in [0.1, 0.15) is 0 Å². The molecule has 1 saturated carbocycles. The normalized spacial score (nSPS) is 19.3. The third-order valence-corrected chi connectivity index (χ3v) is 4.17. The minimum atomic E-state index is 0.0550. The third kappa shape index (κ3) is 1.82. The molecule has 3 N–H and O–H groups in total. The highest BCUT2D eigenvalue weighted by molar-refractivity contribution is 6.00. The van der Waals surface area contributed by atoms with Crippen molar-refractivity contribution in [3.8, 4) is 0 Å². The Morgan fingerprint density at radius 1 is 1.44 bits per heavy atom. The van der Waals surface area contributed by atoms with E-state index in [4.69, 9.17) is 5.73 Å². The van der Waals surface area contributed by atoms with Crippen LogP contribution in [-0.4, -0.2) is 19.0 Å². The second-order valence-corrected chi connectivity index (χ2v) is 5.48. The van der Waals surface area contributed by atoms with Crippen molar-refractivity contribution in [2.24, 2.45) is 5.92 Å². The van der Waals surface area contributed by atoms with Crippen molar-refractivity contribution in [1.82, 2.24) is 0 Å². The highest BCUT2D eigenvalue weighted by Crippen LogP contribution is 2.39. The number of carbonyl (C=O) groups excluding carboxylic acids is 1. The number of amides is 1. The molecule has 0 bridgehead atoms. The molecule has 1 unspecified atom stereocenters. The van der Waals surface area contributed by atoms with Gasteiger partial charge in [-0.05, 0) is 43.4 Å². The third-order valence-electron chi connectivity index (χ3n) is 4.17. The average Bonchev–Trinajstić information content (AvgIpc) is 3.09. The van der Waals surface area contributed by atoms with E-state index >= 15 is 0 Å². The second kappa shape index (κ2) is 3.90. The van der Waals surface area contributed by atoms with Gasteiger partial charge in [0.05, 0.1) is 17.8 Å². The molecule has 4 heteroatoms. The van der Waals surface area contributed by atoms with Crippen LogP contribution in [0.1, 0.15) is 25.3 Å². The highest BCUT2D eigenvalue weighted by atomic mass is 16.1. The number of nitrogens with zero attached hydrogens (tertiary/aromatic N) is 1. The average molecular weight is 245 g/mol. The fourth-order valence-electron chi connectivity index (χ4n) is 2.70. The van der Waals surface area contributed by atoms with E-state index in [-0.39, 0.29) is 5.91 Å². The lowest BCUT2D eigenvalue weighted by atomic mass is 10.1. The Morgan fingerprint density at radius 3 is 2.83 bits per heavy atom. The minimum absolute atomic E-state index is 0.0550. The number of carbonyl (C=O) groups is 1. The Bertz CT molecular complexity index is 508. The number of rotatable bonds is 3. The SMILES string of the molecule is CC(C1CC1)N(C)c1cc2c(cc1N)CC(=O)N2. The monoisotopic (exact) mass is 245 g/mol. The lowest BCUT2D eigenvalue weighted by Gasteiger charge is -2.28. The summed E-state index contributed by atoms with van der Waals surface area (Å²) in [6, 6.07) is 4.44. The van der Waals surface area contributed by atoms with E-state index in [1.165, 1.54) is 12.8 Å². The second-order valence-electron chi connectivity index (χ2n) is 5.48. The molecule has 1 fully saturated rings. The van der Waals surface area contributed by atoms with Crippen LogP contribution < -0.4 is 16.0 Å². The van der Waals surface area contributed by atoms with Crippen LogP contribution in [-0.2, 0) is 11.2 Å². The topological polar surface area (TPSA) is 58.4 Å². The Balaban J connectivity index is 1.92. The zero-order chi connectivity index (χ0) is 12.9. The molecule has 1 amide bonds. The number of nitrogens with two attached hydrogens (primary N) is 1. The molecule has 0 radical (unpaired) electrons. The standard InChI is InChI=1S/C14H19N3O/c1-8(9-3-4-9)17(2)13-7-12-10(5-11(13)15)6-14(18)16-12/h5,7-9H,3-4,6,15H2,1-2H3,(H,16,18). The molecule has 1 aliphatic heterocycles. The quantitative estimate of drug-likeness (QED) is 0.801. The maximum absolute atomic E-state index is 11.4. The molecule has 1 aromatic rings. The molecule has 4 nitrogen and oxygen atoms in total. The first-order chi connectivity index (χ1) is 8.56. The molecule has 18 heavy (non-hydrogen) atoms. The number of benzene rings is 1. The summed E-state index contributed by atoms with van der Waals surface area (Å²) in [6.07, 6.45) is 3.07. The van der Waals surface area contributed by atoms with Gasteiger partial charge in [-0.25, -0.2) is 0 Å². The summed E-state index contributed by atoms with van der Waals surface area (Å²) in [5, 5.41) is 2.88. The van der Waals surface area contributed by atoms with Gasteiger partial charge in [0.25, 0.3) is 0 Å². The summed E-state index contributed by atoms with van der Waals surface area (Å²) in [5.74, 6) is 0.844. The van der Waals surface area contributed by atoms with Crippen molar-refractivity contribution >= 4 is 23.0 Å². The fourth-order valence-corrected chi connectivity index (χ4v) is 2.70. The van der Waals surface area contributed by atoms with Gasteiger partial charge in [-0.2, -0.15) is 0 Å². The van der Waals surface area contributed by atoms with Gasteiger partial charge < -0.3 is 16.0 Å². The van der Waals surface area contributed by atoms with Gasteiger partial charge in [0, 0.05) is 18.8 Å². The van der Waals surface area contributed by atoms with Crippen LogP contribution >= 0.6 is 0 Å². The number of hydrogen-bond donors (Lipinski definition) is 2. The largest absolute Gasteiger partial charge is 0.397 e. The molecule has 3 rings (SSSR count). The van der Waals surface area contributed by atoms with Crippen LogP contribution in [0.3, 0.4) is 0 Å². The van der Waals surface area contributed by atoms with Gasteiger partial charge in [-0.1, -0.05) is 0 Å². The molecular weight excluding hydrogens is 226 g/mol. The van der Waals surface area contributed by atoms with Crippen molar-refractivity contribution in [3.63, 3.8) is 0 Å². The Kier molecular flexibility index (Phi) is 2.47. The van der Waals surface area contributed by atoms with Crippen LogP contribution in [0.25, 0.3) is 0 Å². The zero-order valence-corrected chi connectivity index (χ0v) is 10.9. The van der Waals surface area contributed by atoms with E-state index in [2.05, 4.69) is 24.2 Å².